The lowest BCUT2D eigenvalue weighted by molar-refractivity contribution is 0.250. The quantitative estimate of drug-likeness (QED) is 0.487. The maximum Gasteiger partial charge on any atom is 0.321 e. The summed E-state index contributed by atoms with van der Waals surface area (Å²) in [5.74, 6) is 1.03. The van der Waals surface area contributed by atoms with Crippen LogP contribution in [0, 0.1) is 13.8 Å². The summed E-state index contributed by atoms with van der Waals surface area (Å²) in [4.78, 5) is 25.9. The van der Waals surface area contributed by atoms with E-state index in [2.05, 4.69) is 51.9 Å². The van der Waals surface area contributed by atoms with Gasteiger partial charge in [-0.2, -0.15) is 0 Å². The van der Waals surface area contributed by atoms with E-state index in [1.54, 1.807) is 16.8 Å². The summed E-state index contributed by atoms with van der Waals surface area (Å²) < 4.78 is 1.80. The molecule has 3 heterocycles. The standard InChI is InChI=1S/C21H23N7O/c1-12(2)24-21(29)27-20-23-11-16-18(26-17-13(3)7-5-8-14(17)4)25-15-9-6-10-22-19(15)28(16)20/h5-12H,1-4H3,(H,25,26)(H2,23,24,27,29). The van der Waals surface area contributed by atoms with Gasteiger partial charge in [0.25, 0.3) is 0 Å². The molecule has 29 heavy (non-hydrogen) atoms. The average molecular weight is 389 g/mol. The Morgan fingerprint density at radius 1 is 1.07 bits per heavy atom. The SMILES string of the molecule is Cc1cccc(C)c1Nc1nc2cccnc2n2c(NC(=O)NC(C)C)ncc12. The van der Waals surface area contributed by atoms with E-state index < -0.39 is 0 Å². The zero-order chi connectivity index (χ0) is 20.5. The van der Waals surface area contributed by atoms with Crippen molar-refractivity contribution in [2.45, 2.75) is 33.7 Å². The van der Waals surface area contributed by atoms with E-state index in [4.69, 9.17) is 4.98 Å². The van der Waals surface area contributed by atoms with E-state index >= 15 is 0 Å². The Labute approximate surface area is 168 Å². The highest BCUT2D eigenvalue weighted by Crippen LogP contribution is 2.29. The summed E-state index contributed by atoms with van der Waals surface area (Å²) in [6.07, 6.45) is 3.38. The van der Waals surface area contributed by atoms with Crippen molar-refractivity contribution in [1.29, 1.82) is 0 Å². The van der Waals surface area contributed by atoms with Crippen molar-refractivity contribution in [2.75, 3.05) is 10.6 Å². The van der Waals surface area contributed by atoms with Gasteiger partial charge in [-0.05, 0) is 51.0 Å². The maximum atomic E-state index is 12.2. The number of rotatable bonds is 4. The number of hydrogen-bond donors (Lipinski definition) is 3. The number of fused-ring (bicyclic) bond motifs is 3. The van der Waals surface area contributed by atoms with Crippen LogP contribution in [-0.4, -0.2) is 31.4 Å². The number of nitrogens with zero attached hydrogens (tertiary/aromatic N) is 4. The first kappa shape index (κ1) is 18.7. The van der Waals surface area contributed by atoms with Gasteiger partial charge in [-0.1, -0.05) is 18.2 Å². The molecular weight excluding hydrogens is 366 g/mol. The van der Waals surface area contributed by atoms with Crippen LogP contribution in [0.3, 0.4) is 0 Å². The highest BCUT2D eigenvalue weighted by Gasteiger charge is 2.17. The van der Waals surface area contributed by atoms with Gasteiger partial charge in [0.05, 0.1) is 6.20 Å². The fourth-order valence-electron chi connectivity index (χ4n) is 3.27. The van der Waals surface area contributed by atoms with Gasteiger partial charge in [0, 0.05) is 17.9 Å². The molecule has 3 N–H and O–H groups in total. The molecule has 0 fully saturated rings. The number of pyridine rings is 1. The number of benzene rings is 1. The van der Waals surface area contributed by atoms with Crippen LogP contribution >= 0.6 is 0 Å². The normalized spacial score (nSPS) is 11.2. The number of carbonyl (C=O) groups excluding carboxylic acids is 1. The van der Waals surface area contributed by atoms with Gasteiger partial charge >= 0.3 is 6.03 Å². The molecule has 0 saturated carbocycles. The number of carbonyl (C=O) groups is 1. The lowest BCUT2D eigenvalue weighted by Gasteiger charge is -2.15. The van der Waals surface area contributed by atoms with Crippen LogP contribution in [-0.2, 0) is 0 Å². The van der Waals surface area contributed by atoms with Crippen LogP contribution < -0.4 is 16.0 Å². The first-order valence-electron chi connectivity index (χ1n) is 9.47. The zero-order valence-electron chi connectivity index (χ0n) is 16.8. The second-order valence-corrected chi connectivity index (χ2v) is 7.25. The minimum Gasteiger partial charge on any atom is -0.338 e. The maximum absolute atomic E-state index is 12.2. The van der Waals surface area contributed by atoms with Crippen LogP contribution in [0.5, 0.6) is 0 Å². The minimum absolute atomic E-state index is 0.0130. The molecule has 3 aromatic heterocycles. The van der Waals surface area contributed by atoms with Crippen LogP contribution in [0.1, 0.15) is 25.0 Å². The number of nitrogens with one attached hydrogen (secondary N) is 3. The number of imidazole rings is 1. The molecule has 0 aliphatic rings. The molecule has 8 heteroatoms. The van der Waals surface area contributed by atoms with Gasteiger partial charge in [0.15, 0.2) is 11.5 Å². The average Bonchev–Trinajstić information content (AvgIpc) is 3.08. The highest BCUT2D eigenvalue weighted by atomic mass is 16.2. The summed E-state index contributed by atoms with van der Waals surface area (Å²) in [5, 5.41) is 9.06. The molecular formula is C21H23N7O. The van der Waals surface area contributed by atoms with E-state index in [-0.39, 0.29) is 12.1 Å². The smallest absolute Gasteiger partial charge is 0.321 e. The van der Waals surface area contributed by atoms with Crippen molar-refractivity contribution in [1.82, 2.24) is 24.7 Å². The summed E-state index contributed by atoms with van der Waals surface area (Å²) in [7, 11) is 0. The molecule has 0 aliphatic heterocycles. The third kappa shape index (κ3) is 3.56. The summed E-state index contributed by atoms with van der Waals surface area (Å²) in [6.45, 7) is 7.90. The van der Waals surface area contributed by atoms with Crippen molar-refractivity contribution in [2.24, 2.45) is 0 Å². The van der Waals surface area contributed by atoms with Crippen molar-refractivity contribution in [3.05, 3.63) is 53.9 Å². The monoisotopic (exact) mass is 389 g/mol. The van der Waals surface area contributed by atoms with E-state index in [1.165, 1.54) is 0 Å². The van der Waals surface area contributed by atoms with Crippen molar-refractivity contribution in [3.8, 4) is 0 Å². The number of amides is 2. The summed E-state index contributed by atoms with van der Waals surface area (Å²) >= 11 is 0. The molecule has 0 unspecified atom stereocenters. The molecule has 4 aromatic rings. The number of urea groups is 1. The largest absolute Gasteiger partial charge is 0.338 e. The molecule has 0 spiro atoms. The van der Waals surface area contributed by atoms with E-state index in [9.17, 15) is 4.79 Å². The van der Waals surface area contributed by atoms with Gasteiger partial charge in [-0.15, -0.1) is 0 Å². The Kier molecular flexibility index (Phi) is 4.75. The minimum atomic E-state index is -0.322. The molecule has 0 bridgehead atoms. The third-order valence-electron chi connectivity index (χ3n) is 4.58. The molecule has 8 nitrogen and oxygen atoms in total. The second kappa shape index (κ2) is 7.38. The first-order valence-corrected chi connectivity index (χ1v) is 9.47. The highest BCUT2D eigenvalue weighted by molar-refractivity contribution is 5.91. The van der Waals surface area contributed by atoms with Crippen LogP contribution in [0.2, 0.25) is 0 Å². The molecule has 2 amide bonds. The Morgan fingerprint density at radius 3 is 2.55 bits per heavy atom. The van der Waals surface area contributed by atoms with Crippen LogP contribution in [0.15, 0.2) is 42.7 Å². The fourth-order valence-corrected chi connectivity index (χ4v) is 3.27. The van der Waals surface area contributed by atoms with Gasteiger partial charge in [0.1, 0.15) is 11.0 Å². The molecule has 0 atom stereocenters. The second-order valence-electron chi connectivity index (χ2n) is 7.25. The van der Waals surface area contributed by atoms with E-state index in [0.29, 0.717) is 22.9 Å². The summed E-state index contributed by atoms with van der Waals surface area (Å²) in [5.41, 5.74) is 5.26. The predicted molar refractivity (Wildman–Crippen MR) is 115 cm³/mol. The molecule has 1 aromatic carbocycles. The molecule has 0 aliphatic carbocycles. The molecule has 0 saturated heterocycles. The van der Waals surface area contributed by atoms with Gasteiger partial charge in [-0.3, -0.25) is 9.72 Å². The Hall–Kier alpha value is -3.68. The Balaban J connectivity index is 1.86. The number of anilines is 3. The fraction of sp³-hybridized carbons (Fsp3) is 0.238. The van der Waals surface area contributed by atoms with Gasteiger partial charge in [-0.25, -0.2) is 19.7 Å². The number of aryl methyl sites for hydroxylation is 2. The number of para-hydroxylation sites is 1. The lowest BCUT2D eigenvalue weighted by Crippen LogP contribution is -2.34. The Morgan fingerprint density at radius 2 is 1.83 bits per heavy atom. The Bertz CT molecular complexity index is 1190. The molecule has 4 rings (SSSR count). The topological polar surface area (TPSA) is 96.2 Å². The van der Waals surface area contributed by atoms with E-state index in [1.807, 2.05) is 32.0 Å². The van der Waals surface area contributed by atoms with Gasteiger partial charge in [0.2, 0.25) is 5.95 Å². The van der Waals surface area contributed by atoms with E-state index in [0.717, 1.165) is 22.3 Å². The van der Waals surface area contributed by atoms with Crippen molar-refractivity contribution < 1.29 is 4.79 Å². The van der Waals surface area contributed by atoms with Gasteiger partial charge < -0.3 is 10.6 Å². The summed E-state index contributed by atoms with van der Waals surface area (Å²) in [6, 6.07) is 9.53. The van der Waals surface area contributed by atoms with Crippen molar-refractivity contribution in [3.63, 3.8) is 0 Å². The molecule has 0 radical (unpaired) electrons. The van der Waals surface area contributed by atoms with Crippen LogP contribution in [0.25, 0.3) is 16.7 Å². The lowest BCUT2D eigenvalue weighted by atomic mass is 10.1. The third-order valence-corrected chi connectivity index (χ3v) is 4.58. The predicted octanol–water partition coefficient (Wildman–Crippen LogP) is 4.17. The first-order chi connectivity index (χ1) is 13.9. The number of aromatic nitrogens is 4. The number of hydrogen-bond acceptors (Lipinski definition) is 5. The van der Waals surface area contributed by atoms with Crippen molar-refractivity contribution >= 4 is 40.2 Å². The van der Waals surface area contributed by atoms with Crippen LogP contribution in [0.4, 0.5) is 22.2 Å². The molecule has 148 valence electrons. The zero-order valence-corrected chi connectivity index (χ0v) is 16.8.